The number of carbonyl (C=O) groups is 1. The molecule has 5 nitrogen and oxygen atoms in total. The van der Waals surface area contributed by atoms with Gasteiger partial charge in [0, 0.05) is 0 Å². The molecule has 0 aromatic carbocycles. The number of rotatable bonds is 35. The summed E-state index contributed by atoms with van der Waals surface area (Å²) in [6.07, 6.45) is 39.1. The summed E-state index contributed by atoms with van der Waals surface area (Å²) in [6, 6.07) is -0.737. The Bertz CT molecular complexity index is 611. The van der Waals surface area contributed by atoms with Gasteiger partial charge >= 0.3 is 0 Å². The van der Waals surface area contributed by atoms with Gasteiger partial charge in [0.05, 0.1) is 31.3 Å². The average Bonchev–Trinajstić information content (AvgIpc) is 3.01. The third-order valence-electron chi connectivity index (χ3n) is 9.07. The van der Waals surface area contributed by atoms with E-state index < -0.39 is 18.2 Å². The largest absolute Gasteiger partial charge is 0.394 e. The van der Waals surface area contributed by atoms with Gasteiger partial charge in [-0.15, -0.1) is 0 Å². The number of allylic oxidation sites excluding steroid dienone is 1. The topological polar surface area (TPSA) is 89.8 Å². The molecule has 0 radical (unpaired) electrons. The molecule has 1 amide bonds. The number of hydrogen-bond donors (Lipinski definition) is 4. The van der Waals surface area contributed by atoms with Gasteiger partial charge in [0.1, 0.15) is 0 Å². The number of amides is 1. The number of aliphatic hydroxyl groups is 3. The molecule has 0 saturated carbocycles. The van der Waals surface area contributed by atoms with E-state index in [2.05, 4.69) is 19.2 Å². The molecule has 262 valence electrons. The molecule has 0 fully saturated rings. The first-order chi connectivity index (χ1) is 21.5. The number of carbonyl (C=O) groups excluding carboxylic acids is 1. The van der Waals surface area contributed by atoms with Crippen molar-refractivity contribution in [2.24, 2.45) is 0 Å². The second kappa shape index (κ2) is 35.0. The molecule has 0 bridgehead atoms. The van der Waals surface area contributed by atoms with E-state index >= 15 is 0 Å². The summed E-state index contributed by atoms with van der Waals surface area (Å²) in [5, 5.41) is 33.1. The highest BCUT2D eigenvalue weighted by Crippen LogP contribution is 2.15. The highest BCUT2D eigenvalue weighted by Gasteiger charge is 2.20. The molecule has 0 saturated heterocycles. The predicted molar refractivity (Wildman–Crippen MR) is 190 cm³/mol. The van der Waals surface area contributed by atoms with Gasteiger partial charge in [0.15, 0.2) is 0 Å². The van der Waals surface area contributed by atoms with Crippen LogP contribution in [0.3, 0.4) is 0 Å². The van der Waals surface area contributed by atoms with Crippen LogP contribution in [0.1, 0.15) is 206 Å². The molecule has 44 heavy (non-hydrogen) atoms. The minimum Gasteiger partial charge on any atom is -0.394 e. The fraction of sp³-hybridized carbons (Fsp3) is 0.923. The minimum absolute atomic E-state index is 0.0182. The van der Waals surface area contributed by atoms with Crippen molar-refractivity contribution in [3.8, 4) is 0 Å². The highest BCUT2D eigenvalue weighted by molar-refractivity contribution is 5.76. The molecular weight excluding hydrogens is 546 g/mol. The Morgan fingerprint density at radius 3 is 1.32 bits per heavy atom. The smallest absolute Gasteiger partial charge is 0.222 e. The van der Waals surface area contributed by atoms with E-state index in [9.17, 15) is 20.1 Å². The fourth-order valence-corrected chi connectivity index (χ4v) is 6.05. The van der Waals surface area contributed by atoms with Gasteiger partial charge in [-0.2, -0.15) is 0 Å². The van der Waals surface area contributed by atoms with E-state index in [1.165, 1.54) is 154 Å². The van der Waals surface area contributed by atoms with E-state index in [1.54, 1.807) is 6.08 Å². The Kier molecular flexibility index (Phi) is 34.2. The zero-order valence-electron chi connectivity index (χ0n) is 29.6. The Labute approximate surface area is 274 Å². The number of aliphatic hydroxyl groups excluding tert-OH is 3. The maximum atomic E-state index is 12.4. The van der Waals surface area contributed by atoms with Crippen LogP contribution in [0, 0.1) is 0 Å². The Hall–Kier alpha value is -0.910. The molecule has 0 spiro atoms. The molecule has 3 unspecified atom stereocenters. The zero-order chi connectivity index (χ0) is 32.4. The van der Waals surface area contributed by atoms with Crippen molar-refractivity contribution in [2.75, 3.05) is 6.61 Å². The summed E-state index contributed by atoms with van der Waals surface area (Å²) in [7, 11) is 0. The summed E-state index contributed by atoms with van der Waals surface area (Å²) in [5.41, 5.74) is 0. The van der Waals surface area contributed by atoms with Gasteiger partial charge in [0.2, 0.25) is 5.91 Å². The van der Waals surface area contributed by atoms with Crippen LogP contribution in [0.25, 0.3) is 0 Å². The molecule has 4 N–H and O–H groups in total. The highest BCUT2D eigenvalue weighted by atomic mass is 16.3. The van der Waals surface area contributed by atoms with Crippen LogP contribution in [-0.4, -0.2) is 46.1 Å². The summed E-state index contributed by atoms with van der Waals surface area (Å²) in [5.74, 6) is -0.314. The molecule has 0 aromatic rings. The van der Waals surface area contributed by atoms with Crippen LogP contribution in [0.5, 0.6) is 0 Å². The summed E-state index contributed by atoms with van der Waals surface area (Å²) in [6.45, 7) is 4.21. The summed E-state index contributed by atoms with van der Waals surface area (Å²) in [4.78, 5) is 12.4. The van der Waals surface area contributed by atoms with Crippen molar-refractivity contribution >= 4 is 5.91 Å². The first-order valence-corrected chi connectivity index (χ1v) is 19.5. The van der Waals surface area contributed by atoms with E-state index in [0.717, 1.165) is 25.7 Å². The van der Waals surface area contributed by atoms with E-state index in [-0.39, 0.29) is 18.9 Å². The normalized spacial score (nSPS) is 13.8. The minimum atomic E-state index is -0.922. The molecule has 0 aromatic heterocycles. The third-order valence-corrected chi connectivity index (χ3v) is 9.07. The lowest BCUT2D eigenvalue weighted by molar-refractivity contribution is -0.124. The number of nitrogens with one attached hydrogen (secondary N) is 1. The molecule has 0 rings (SSSR count). The predicted octanol–water partition coefficient (Wildman–Crippen LogP) is 10.5. The first kappa shape index (κ1) is 43.1. The van der Waals surface area contributed by atoms with Crippen molar-refractivity contribution in [1.82, 2.24) is 5.32 Å². The van der Waals surface area contributed by atoms with Crippen LogP contribution >= 0.6 is 0 Å². The zero-order valence-corrected chi connectivity index (χ0v) is 29.6. The van der Waals surface area contributed by atoms with Crippen LogP contribution in [0.4, 0.5) is 0 Å². The fourth-order valence-electron chi connectivity index (χ4n) is 6.05. The Morgan fingerprint density at radius 1 is 0.568 bits per heavy atom. The maximum Gasteiger partial charge on any atom is 0.222 e. The Balaban J connectivity index is 3.69. The maximum absolute atomic E-state index is 12.4. The van der Waals surface area contributed by atoms with Crippen molar-refractivity contribution in [3.63, 3.8) is 0 Å². The quantitative estimate of drug-likeness (QED) is 0.0418. The van der Waals surface area contributed by atoms with Gasteiger partial charge in [-0.3, -0.25) is 4.79 Å². The van der Waals surface area contributed by atoms with Gasteiger partial charge < -0.3 is 20.6 Å². The Morgan fingerprint density at radius 2 is 0.932 bits per heavy atom. The van der Waals surface area contributed by atoms with Crippen molar-refractivity contribution in [3.05, 3.63) is 12.2 Å². The van der Waals surface area contributed by atoms with Gasteiger partial charge in [-0.05, 0) is 19.3 Å². The average molecular weight is 624 g/mol. The lowest BCUT2D eigenvalue weighted by Gasteiger charge is -2.21. The van der Waals surface area contributed by atoms with Crippen molar-refractivity contribution < 1.29 is 20.1 Å². The monoisotopic (exact) mass is 624 g/mol. The van der Waals surface area contributed by atoms with Crippen LogP contribution in [0.2, 0.25) is 0 Å². The van der Waals surface area contributed by atoms with E-state index in [0.29, 0.717) is 6.42 Å². The molecule has 0 aliphatic rings. The molecular formula is C39H77NO4. The van der Waals surface area contributed by atoms with Crippen molar-refractivity contribution in [1.29, 1.82) is 0 Å². The second-order valence-corrected chi connectivity index (χ2v) is 13.5. The number of hydrogen-bond acceptors (Lipinski definition) is 4. The van der Waals surface area contributed by atoms with Gasteiger partial charge in [-0.1, -0.05) is 193 Å². The number of unbranched alkanes of at least 4 members (excludes halogenated alkanes) is 26. The van der Waals surface area contributed by atoms with Crippen LogP contribution in [0.15, 0.2) is 12.2 Å². The van der Waals surface area contributed by atoms with Gasteiger partial charge in [-0.25, -0.2) is 0 Å². The second-order valence-electron chi connectivity index (χ2n) is 13.5. The third kappa shape index (κ3) is 31.1. The van der Waals surface area contributed by atoms with E-state index in [1.807, 2.05) is 6.08 Å². The standard InChI is InChI=1S/C39H77NO4/c1-3-5-7-9-11-13-15-17-19-20-22-24-26-28-30-32-36(42)34-39(44)40-37(35-41)38(43)33-31-29-27-25-23-21-18-16-14-12-10-8-6-4-2/h31,33,36-38,41-43H,3-30,32,34-35H2,1-2H3,(H,40,44)/b33-31+. The molecule has 0 heterocycles. The van der Waals surface area contributed by atoms with Crippen LogP contribution < -0.4 is 5.32 Å². The molecule has 3 atom stereocenters. The lowest BCUT2D eigenvalue weighted by Crippen LogP contribution is -2.45. The van der Waals surface area contributed by atoms with E-state index in [4.69, 9.17) is 0 Å². The SMILES string of the molecule is CCCCCCCCCCCCCC/C=C/C(O)C(CO)NC(=O)CC(O)CCCCCCCCCCCCCCCCC. The summed E-state index contributed by atoms with van der Waals surface area (Å²) >= 11 is 0. The van der Waals surface area contributed by atoms with Gasteiger partial charge in [0.25, 0.3) is 0 Å². The molecule has 0 aliphatic carbocycles. The summed E-state index contributed by atoms with van der Waals surface area (Å²) < 4.78 is 0. The lowest BCUT2D eigenvalue weighted by atomic mass is 10.0. The first-order valence-electron chi connectivity index (χ1n) is 19.5. The molecule has 0 aliphatic heterocycles. The molecule has 5 heteroatoms. The van der Waals surface area contributed by atoms with Crippen molar-refractivity contribution in [2.45, 2.75) is 225 Å². The van der Waals surface area contributed by atoms with Crippen LogP contribution in [-0.2, 0) is 4.79 Å².